The van der Waals surface area contributed by atoms with Crippen molar-refractivity contribution in [3.8, 4) is 5.75 Å². The van der Waals surface area contributed by atoms with Crippen molar-refractivity contribution in [2.45, 2.75) is 44.9 Å². The van der Waals surface area contributed by atoms with E-state index in [4.69, 9.17) is 4.74 Å². The molecule has 2 aromatic heterocycles. The van der Waals surface area contributed by atoms with Crippen LogP contribution in [0.3, 0.4) is 0 Å². The van der Waals surface area contributed by atoms with Gasteiger partial charge in [-0.05, 0) is 38.0 Å². The third-order valence-electron chi connectivity index (χ3n) is 5.43. The molecule has 0 spiro atoms. The molecule has 3 aromatic rings. The SMILES string of the molecule is Cc1nc([C@]2(O)CCCN(C(=O)Cn3cccn3)CC2)sc1COc1ccccc1. The summed E-state index contributed by atoms with van der Waals surface area (Å²) in [6, 6.07) is 11.5. The van der Waals surface area contributed by atoms with Crippen molar-refractivity contribution < 1.29 is 14.6 Å². The van der Waals surface area contributed by atoms with E-state index in [1.54, 1.807) is 23.1 Å². The Hall–Kier alpha value is -2.71. The number of likely N-dealkylation sites (tertiary alicyclic amines) is 1. The molecule has 1 amide bonds. The molecule has 158 valence electrons. The predicted octanol–water partition coefficient (Wildman–Crippen LogP) is 3.13. The van der Waals surface area contributed by atoms with Crippen LogP contribution in [-0.2, 0) is 23.5 Å². The van der Waals surface area contributed by atoms with E-state index in [1.807, 2.05) is 42.2 Å². The molecule has 7 nitrogen and oxygen atoms in total. The maximum Gasteiger partial charge on any atom is 0.244 e. The number of ether oxygens (including phenoxy) is 1. The fraction of sp³-hybridized carbons (Fsp3) is 0.409. The third-order valence-corrected chi connectivity index (χ3v) is 6.75. The Labute approximate surface area is 179 Å². The molecule has 1 aliphatic rings. The van der Waals surface area contributed by atoms with Crippen molar-refractivity contribution in [1.29, 1.82) is 0 Å². The minimum atomic E-state index is -1.01. The number of hydrogen-bond acceptors (Lipinski definition) is 6. The number of benzene rings is 1. The number of hydrogen-bond donors (Lipinski definition) is 1. The average Bonchev–Trinajstić information content (AvgIpc) is 3.34. The van der Waals surface area contributed by atoms with Gasteiger partial charge < -0.3 is 14.7 Å². The van der Waals surface area contributed by atoms with Crippen molar-refractivity contribution in [3.63, 3.8) is 0 Å². The van der Waals surface area contributed by atoms with Crippen LogP contribution in [0.15, 0.2) is 48.8 Å². The number of rotatable bonds is 6. The number of thiazole rings is 1. The molecular formula is C22H26N4O3S. The Morgan fingerprint density at radius 1 is 1.23 bits per heavy atom. The molecule has 4 rings (SSSR count). The molecule has 1 fully saturated rings. The highest BCUT2D eigenvalue weighted by molar-refractivity contribution is 7.11. The van der Waals surface area contributed by atoms with Crippen molar-refractivity contribution in [1.82, 2.24) is 19.7 Å². The van der Waals surface area contributed by atoms with E-state index in [2.05, 4.69) is 10.1 Å². The van der Waals surface area contributed by atoms with Crippen LogP contribution in [0.25, 0.3) is 0 Å². The van der Waals surface area contributed by atoms with Gasteiger partial charge in [-0.3, -0.25) is 9.48 Å². The molecule has 0 radical (unpaired) electrons. The number of aromatic nitrogens is 3. The van der Waals surface area contributed by atoms with Crippen LogP contribution in [-0.4, -0.2) is 43.8 Å². The van der Waals surface area contributed by atoms with Crippen molar-refractivity contribution in [2.24, 2.45) is 0 Å². The number of aliphatic hydroxyl groups is 1. The van der Waals surface area contributed by atoms with Gasteiger partial charge in [-0.1, -0.05) is 18.2 Å². The summed E-state index contributed by atoms with van der Waals surface area (Å²) in [5, 5.41) is 16.2. The second-order valence-electron chi connectivity index (χ2n) is 7.60. The molecule has 1 saturated heterocycles. The molecule has 1 N–H and O–H groups in total. The maximum absolute atomic E-state index is 12.6. The van der Waals surface area contributed by atoms with E-state index in [-0.39, 0.29) is 12.5 Å². The number of carbonyl (C=O) groups excluding carboxylic acids is 1. The van der Waals surface area contributed by atoms with Crippen LogP contribution < -0.4 is 4.74 Å². The van der Waals surface area contributed by atoms with Gasteiger partial charge in [-0.2, -0.15) is 5.10 Å². The van der Waals surface area contributed by atoms with Crippen LogP contribution in [0.5, 0.6) is 5.75 Å². The zero-order chi connectivity index (χ0) is 21.0. The summed E-state index contributed by atoms with van der Waals surface area (Å²) in [4.78, 5) is 20.1. The zero-order valence-corrected chi connectivity index (χ0v) is 17.8. The highest BCUT2D eigenvalue weighted by Gasteiger charge is 2.36. The minimum Gasteiger partial charge on any atom is -0.488 e. The van der Waals surface area contributed by atoms with Gasteiger partial charge in [0.2, 0.25) is 5.91 Å². The summed E-state index contributed by atoms with van der Waals surface area (Å²) in [7, 11) is 0. The Morgan fingerprint density at radius 3 is 2.83 bits per heavy atom. The molecule has 1 aromatic carbocycles. The number of nitrogens with zero attached hydrogens (tertiary/aromatic N) is 4. The number of carbonyl (C=O) groups is 1. The van der Waals surface area contributed by atoms with Gasteiger partial charge in [0.05, 0.1) is 10.6 Å². The average molecular weight is 427 g/mol. The largest absolute Gasteiger partial charge is 0.488 e. The molecule has 3 heterocycles. The predicted molar refractivity (Wildman–Crippen MR) is 114 cm³/mol. The molecule has 0 saturated carbocycles. The highest BCUT2D eigenvalue weighted by Crippen LogP contribution is 2.36. The van der Waals surface area contributed by atoms with Gasteiger partial charge in [0.25, 0.3) is 0 Å². The van der Waals surface area contributed by atoms with E-state index in [9.17, 15) is 9.90 Å². The monoisotopic (exact) mass is 426 g/mol. The van der Waals surface area contributed by atoms with Gasteiger partial charge in [-0.25, -0.2) is 4.98 Å². The Kier molecular flexibility index (Phi) is 6.15. The van der Waals surface area contributed by atoms with E-state index < -0.39 is 5.60 Å². The standard InChI is InChI=1S/C22H26N4O3S/c1-17-19(16-29-18-7-3-2-4-8-18)30-21(24-17)22(28)9-5-12-25(14-10-22)20(27)15-26-13-6-11-23-26/h2-4,6-8,11,13,28H,5,9-10,12,14-16H2,1H3/t22-/m0/s1. The summed E-state index contributed by atoms with van der Waals surface area (Å²) < 4.78 is 7.48. The lowest BCUT2D eigenvalue weighted by Crippen LogP contribution is -2.36. The van der Waals surface area contributed by atoms with Gasteiger partial charge in [0.1, 0.15) is 29.5 Å². The summed E-state index contributed by atoms with van der Waals surface area (Å²) in [6.45, 7) is 3.74. The molecule has 0 aliphatic carbocycles. The normalized spacial score (nSPS) is 19.5. The first-order valence-corrected chi connectivity index (χ1v) is 11.0. The molecule has 1 atom stereocenters. The summed E-state index contributed by atoms with van der Waals surface area (Å²) >= 11 is 1.50. The molecule has 1 aliphatic heterocycles. The van der Waals surface area contributed by atoms with Crippen molar-refractivity contribution in [2.75, 3.05) is 13.1 Å². The fourth-order valence-electron chi connectivity index (χ4n) is 3.64. The molecular weight excluding hydrogens is 400 g/mol. The second kappa shape index (κ2) is 8.97. The van der Waals surface area contributed by atoms with E-state index in [1.165, 1.54) is 11.3 Å². The first kappa shape index (κ1) is 20.6. The number of para-hydroxylation sites is 1. The van der Waals surface area contributed by atoms with Crippen molar-refractivity contribution >= 4 is 17.2 Å². The first-order valence-electron chi connectivity index (χ1n) is 10.2. The van der Waals surface area contributed by atoms with Crippen LogP contribution >= 0.6 is 11.3 Å². The van der Waals surface area contributed by atoms with Crippen LogP contribution in [0.1, 0.15) is 34.8 Å². The summed E-state index contributed by atoms with van der Waals surface area (Å²) in [5.74, 6) is 0.835. The molecule has 8 heteroatoms. The van der Waals surface area contributed by atoms with E-state index in [0.29, 0.717) is 37.5 Å². The smallest absolute Gasteiger partial charge is 0.244 e. The maximum atomic E-state index is 12.6. The molecule has 30 heavy (non-hydrogen) atoms. The zero-order valence-electron chi connectivity index (χ0n) is 17.0. The van der Waals surface area contributed by atoms with Crippen molar-refractivity contribution in [3.05, 3.63) is 64.4 Å². The van der Waals surface area contributed by atoms with Gasteiger partial charge in [-0.15, -0.1) is 11.3 Å². The Balaban J connectivity index is 1.40. The van der Waals surface area contributed by atoms with E-state index >= 15 is 0 Å². The highest BCUT2D eigenvalue weighted by atomic mass is 32.1. The minimum absolute atomic E-state index is 0.0234. The quantitative estimate of drug-likeness (QED) is 0.655. The molecule has 0 bridgehead atoms. The van der Waals surface area contributed by atoms with Gasteiger partial charge in [0, 0.05) is 31.9 Å². The van der Waals surface area contributed by atoms with Crippen LogP contribution in [0.4, 0.5) is 0 Å². The Bertz CT molecular complexity index is 974. The summed E-state index contributed by atoms with van der Waals surface area (Å²) in [5.41, 5.74) is -0.128. The third kappa shape index (κ3) is 4.71. The second-order valence-corrected chi connectivity index (χ2v) is 8.68. The number of aryl methyl sites for hydroxylation is 1. The lowest BCUT2D eigenvalue weighted by molar-refractivity contribution is -0.132. The van der Waals surface area contributed by atoms with E-state index in [0.717, 1.165) is 22.7 Å². The number of amides is 1. The summed E-state index contributed by atoms with van der Waals surface area (Å²) in [6.07, 6.45) is 5.24. The van der Waals surface area contributed by atoms with Crippen LogP contribution in [0, 0.1) is 6.92 Å². The van der Waals surface area contributed by atoms with Gasteiger partial charge in [0.15, 0.2) is 0 Å². The topological polar surface area (TPSA) is 80.5 Å². The Morgan fingerprint density at radius 2 is 2.07 bits per heavy atom. The lowest BCUT2D eigenvalue weighted by atomic mass is 9.96. The lowest BCUT2D eigenvalue weighted by Gasteiger charge is -2.24. The van der Waals surface area contributed by atoms with Crippen LogP contribution in [0.2, 0.25) is 0 Å². The fourth-order valence-corrected chi connectivity index (χ4v) is 4.76. The molecule has 0 unspecified atom stereocenters. The first-order chi connectivity index (χ1) is 14.5. The van der Waals surface area contributed by atoms with Gasteiger partial charge >= 0.3 is 0 Å².